The van der Waals surface area contributed by atoms with Crippen molar-refractivity contribution in [2.24, 2.45) is 0 Å². The molecule has 0 saturated carbocycles. The molecular formula is C7H4ClN5OS. The Balaban J connectivity index is 2.11. The van der Waals surface area contributed by atoms with Crippen LogP contribution in [0.1, 0.15) is 10.5 Å². The van der Waals surface area contributed by atoms with Crippen LogP contribution in [0.25, 0.3) is 0 Å². The number of aromatic nitrogens is 4. The molecule has 0 aliphatic heterocycles. The lowest BCUT2D eigenvalue weighted by molar-refractivity contribution is 0.102. The minimum atomic E-state index is -0.393. The van der Waals surface area contributed by atoms with Gasteiger partial charge in [-0.1, -0.05) is 22.9 Å². The highest BCUT2D eigenvalue weighted by Crippen LogP contribution is 2.10. The van der Waals surface area contributed by atoms with Crippen molar-refractivity contribution >= 4 is 34.0 Å². The van der Waals surface area contributed by atoms with E-state index in [0.717, 1.165) is 0 Å². The Hall–Kier alpha value is -1.60. The number of carbonyl (C=O) groups excluding carboxylic acids is 1. The van der Waals surface area contributed by atoms with E-state index in [4.69, 9.17) is 11.6 Å². The smallest absolute Gasteiger partial charge is 0.278 e. The first-order valence-electron chi connectivity index (χ1n) is 3.82. The lowest BCUT2D eigenvalue weighted by Gasteiger charge is -1.98. The first-order chi connectivity index (χ1) is 7.25. The van der Waals surface area contributed by atoms with Crippen molar-refractivity contribution < 1.29 is 4.79 Å². The summed E-state index contributed by atoms with van der Waals surface area (Å²) in [6.07, 6.45) is 0. The van der Waals surface area contributed by atoms with Gasteiger partial charge < -0.3 is 0 Å². The normalized spacial score (nSPS) is 9.93. The molecule has 0 spiro atoms. The maximum absolute atomic E-state index is 11.5. The fraction of sp³-hybridized carbons (Fsp3) is 0. The Kier molecular flexibility index (Phi) is 2.84. The summed E-state index contributed by atoms with van der Waals surface area (Å²) in [5.74, 6) is -0.393. The highest BCUT2D eigenvalue weighted by molar-refractivity contribution is 7.13. The number of rotatable bonds is 2. The van der Waals surface area contributed by atoms with Crippen LogP contribution in [0.5, 0.6) is 0 Å². The van der Waals surface area contributed by atoms with Gasteiger partial charge in [-0.05, 0) is 12.1 Å². The largest absolute Gasteiger partial charge is 0.295 e. The van der Waals surface area contributed by atoms with Crippen LogP contribution in [-0.4, -0.2) is 26.3 Å². The Morgan fingerprint density at radius 1 is 1.33 bits per heavy atom. The molecule has 2 rings (SSSR count). The number of hydrogen-bond acceptors (Lipinski definition) is 6. The molecule has 6 nitrogen and oxygen atoms in total. The predicted octanol–water partition coefficient (Wildman–Crippen LogP) is 1.23. The highest BCUT2D eigenvalue weighted by Gasteiger charge is 2.09. The molecule has 2 heterocycles. The number of halogens is 1. The fourth-order valence-corrected chi connectivity index (χ4v) is 1.37. The highest BCUT2D eigenvalue weighted by atomic mass is 35.5. The van der Waals surface area contributed by atoms with Crippen molar-refractivity contribution in [1.29, 1.82) is 0 Å². The maximum Gasteiger partial charge on any atom is 0.278 e. The molecule has 0 radical (unpaired) electrons. The van der Waals surface area contributed by atoms with Gasteiger partial charge in [0.25, 0.3) is 5.91 Å². The van der Waals surface area contributed by atoms with E-state index in [1.54, 1.807) is 0 Å². The number of carbonyl (C=O) groups is 1. The lowest BCUT2D eigenvalue weighted by Crippen LogP contribution is -2.14. The van der Waals surface area contributed by atoms with Crippen LogP contribution in [0, 0.1) is 0 Å². The van der Waals surface area contributed by atoms with E-state index in [2.05, 4.69) is 25.7 Å². The monoisotopic (exact) mass is 241 g/mol. The van der Waals surface area contributed by atoms with Gasteiger partial charge in [-0.3, -0.25) is 10.1 Å². The van der Waals surface area contributed by atoms with Gasteiger partial charge in [0.1, 0.15) is 5.51 Å². The first-order valence-corrected chi connectivity index (χ1v) is 5.08. The van der Waals surface area contributed by atoms with Crippen LogP contribution in [0.2, 0.25) is 5.15 Å². The standard InChI is InChI=1S/C7H4ClN5OS/c8-5-2-1-4(11-12-5)6(14)10-7-13-9-3-15-7/h1-3H,(H,10,13,14). The second-order valence-corrected chi connectivity index (χ2v) is 3.66. The first kappa shape index (κ1) is 9.94. The van der Waals surface area contributed by atoms with Gasteiger partial charge in [0, 0.05) is 0 Å². The summed E-state index contributed by atoms with van der Waals surface area (Å²) in [4.78, 5) is 11.5. The molecule has 0 aliphatic carbocycles. The third-order valence-electron chi connectivity index (χ3n) is 1.45. The maximum atomic E-state index is 11.5. The number of amides is 1. The predicted molar refractivity (Wildman–Crippen MR) is 54.9 cm³/mol. The lowest BCUT2D eigenvalue weighted by atomic mass is 10.4. The quantitative estimate of drug-likeness (QED) is 0.855. The molecule has 0 atom stereocenters. The van der Waals surface area contributed by atoms with Crippen LogP contribution >= 0.6 is 22.9 Å². The van der Waals surface area contributed by atoms with E-state index in [9.17, 15) is 4.79 Å². The Morgan fingerprint density at radius 2 is 2.20 bits per heavy atom. The third-order valence-corrected chi connectivity index (χ3v) is 2.25. The minimum Gasteiger partial charge on any atom is -0.295 e. The van der Waals surface area contributed by atoms with E-state index in [0.29, 0.717) is 5.13 Å². The zero-order valence-corrected chi connectivity index (χ0v) is 8.79. The van der Waals surface area contributed by atoms with Crippen molar-refractivity contribution in [2.45, 2.75) is 0 Å². The molecule has 2 aromatic heterocycles. The number of nitrogens with zero attached hydrogens (tertiary/aromatic N) is 4. The Labute approximate surface area is 93.3 Å². The molecule has 0 aromatic carbocycles. The van der Waals surface area contributed by atoms with Crippen LogP contribution in [-0.2, 0) is 0 Å². The van der Waals surface area contributed by atoms with Gasteiger partial charge in [-0.2, -0.15) is 0 Å². The number of anilines is 1. The van der Waals surface area contributed by atoms with Crippen LogP contribution in [0.15, 0.2) is 17.6 Å². The zero-order chi connectivity index (χ0) is 10.7. The van der Waals surface area contributed by atoms with E-state index in [-0.39, 0.29) is 10.8 Å². The molecule has 0 saturated heterocycles. The molecule has 0 fully saturated rings. The second kappa shape index (κ2) is 4.28. The van der Waals surface area contributed by atoms with E-state index >= 15 is 0 Å². The molecule has 8 heteroatoms. The zero-order valence-electron chi connectivity index (χ0n) is 7.22. The van der Waals surface area contributed by atoms with Crippen molar-refractivity contribution in [2.75, 3.05) is 5.32 Å². The second-order valence-electron chi connectivity index (χ2n) is 2.44. The average Bonchev–Trinajstić information content (AvgIpc) is 2.71. The van der Waals surface area contributed by atoms with Gasteiger partial charge in [-0.15, -0.1) is 20.4 Å². The summed E-state index contributed by atoms with van der Waals surface area (Å²) < 4.78 is 0. The molecule has 76 valence electrons. The SMILES string of the molecule is O=C(Nc1nncs1)c1ccc(Cl)nn1. The summed E-state index contributed by atoms with van der Waals surface area (Å²) in [6, 6.07) is 2.97. The topological polar surface area (TPSA) is 80.7 Å². The van der Waals surface area contributed by atoms with E-state index < -0.39 is 5.91 Å². The van der Waals surface area contributed by atoms with Crippen LogP contribution in [0.3, 0.4) is 0 Å². The summed E-state index contributed by atoms with van der Waals surface area (Å²) in [6.45, 7) is 0. The van der Waals surface area contributed by atoms with Crippen molar-refractivity contribution in [1.82, 2.24) is 20.4 Å². The number of nitrogens with one attached hydrogen (secondary N) is 1. The van der Waals surface area contributed by atoms with Crippen molar-refractivity contribution in [3.63, 3.8) is 0 Å². The number of hydrogen-bond donors (Lipinski definition) is 1. The molecule has 0 bridgehead atoms. The molecule has 0 unspecified atom stereocenters. The molecule has 2 aromatic rings. The average molecular weight is 242 g/mol. The van der Waals surface area contributed by atoms with Crippen LogP contribution < -0.4 is 5.32 Å². The molecule has 1 N–H and O–H groups in total. The third kappa shape index (κ3) is 2.45. The van der Waals surface area contributed by atoms with E-state index in [1.807, 2.05) is 0 Å². The molecule has 1 amide bonds. The summed E-state index contributed by atoms with van der Waals surface area (Å²) in [5, 5.41) is 17.6. The van der Waals surface area contributed by atoms with Crippen molar-refractivity contribution in [3.8, 4) is 0 Å². The van der Waals surface area contributed by atoms with Gasteiger partial charge >= 0.3 is 0 Å². The minimum absolute atomic E-state index is 0.176. The van der Waals surface area contributed by atoms with E-state index in [1.165, 1.54) is 29.0 Å². The molecule has 0 aliphatic rings. The van der Waals surface area contributed by atoms with Crippen LogP contribution in [0.4, 0.5) is 5.13 Å². The molecular weight excluding hydrogens is 238 g/mol. The van der Waals surface area contributed by atoms with Gasteiger partial charge in [0.05, 0.1) is 0 Å². The Bertz CT molecular complexity index is 457. The fourth-order valence-electron chi connectivity index (χ4n) is 0.826. The Morgan fingerprint density at radius 3 is 2.80 bits per heavy atom. The van der Waals surface area contributed by atoms with Gasteiger partial charge in [0.2, 0.25) is 5.13 Å². The summed E-state index contributed by atoms with van der Waals surface area (Å²) >= 11 is 6.75. The summed E-state index contributed by atoms with van der Waals surface area (Å²) in [7, 11) is 0. The van der Waals surface area contributed by atoms with Gasteiger partial charge in [0.15, 0.2) is 10.8 Å². The molecule has 15 heavy (non-hydrogen) atoms. The van der Waals surface area contributed by atoms with Crippen molar-refractivity contribution in [3.05, 3.63) is 28.5 Å². The van der Waals surface area contributed by atoms with Gasteiger partial charge in [-0.25, -0.2) is 0 Å². The summed E-state index contributed by atoms with van der Waals surface area (Å²) in [5.41, 5.74) is 1.69.